The molecule has 0 heterocycles. The van der Waals surface area contributed by atoms with Crippen molar-refractivity contribution in [2.24, 2.45) is 0 Å². The van der Waals surface area contributed by atoms with Crippen LogP contribution in [0.5, 0.6) is 0 Å². The Bertz CT molecular complexity index is 288. The summed E-state index contributed by atoms with van der Waals surface area (Å²) in [5, 5.41) is 0. The molecule has 0 aromatic carbocycles. The van der Waals surface area contributed by atoms with Crippen molar-refractivity contribution in [2.75, 3.05) is 0 Å². The van der Waals surface area contributed by atoms with Gasteiger partial charge in [0, 0.05) is 0 Å². The molecule has 0 atom stereocenters. The van der Waals surface area contributed by atoms with Crippen molar-refractivity contribution in [1.82, 2.24) is 0 Å². The molecule has 0 aromatic heterocycles. The van der Waals surface area contributed by atoms with Gasteiger partial charge in [0.1, 0.15) is 0 Å². The normalized spacial score (nSPS) is 6.95. The van der Waals surface area contributed by atoms with Crippen LogP contribution in [0.2, 0.25) is 0 Å². The molecule has 0 saturated heterocycles. The van der Waals surface area contributed by atoms with E-state index in [0.29, 0.717) is 0 Å². The van der Waals surface area contributed by atoms with Crippen LogP contribution in [0.25, 0.3) is 0 Å². The van der Waals surface area contributed by atoms with Gasteiger partial charge in [0.05, 0.1) is 0 Å². The zero-order valence-corrected chi connectivity index (χ0v) is 14.9. The average Bonchev–Trinajstić information content (AvgIpc) is 1.79. The maximum absolute atomic E-state index is 8.74. The average molecular weight is 390 g/mol. The molecule has 0 aliphatic heterocycles. The second-order valence-electron chi connectivity index (χ2n) is 1.09. The monoisotopic (exact) mass is 390 g/mol. The summed E-state index contributed by atoms with van der Waals surface area (Å²) in [6.07, 6.45) is 0. The van der Waals surface area contributed by atoms with Gasteiger partial charge < -0.3 is 11.0 Å². The van der Waals surface area contributed by atoms with Crippen LogP contribution in [0.3, 0.4) is 0 Å². The Balaban J connectivity index is -0.0000000197. The third kappa shape index (κ3) is 4040. The Labute approximate surface area is 150 Å². The summed E-state index contributed by atoms with van der Waals surface area (Å²) < 4.78 is 97.0. The summed E-state index contributed by atoms with van der Waals surface area (Å²) in [4.78, 5) is 0. The molecular formula is H8Al2CaO14S2. The summed E-state index contributed by atoms with van der Waals surface area (Å²) in [7, 11) is -9.33. The fourth-order valence-corrected chi connectivity index (χ4v) is 0. The molecule has 0 spiro atoms. The van der Waals surface area contributed by atoms with Crippen molar-refractivity contribution in [1.29, 1.82) is 0 Å². The molecule has 19 heteroatoms. The summed E-state index contributed by atoms with van der Waals surface area (Å²) in [5.41, 5.74) is 0. The van der Waals surface area contributed by atoms with Gasteiger partial charge in [-0.25, -0.2) is 0 Å². The topological polar surface area (TPSA) is 292 Å². The van der Waals surface area contributed by atoms with Crippen LogP contribution in [-0.2, 0) is 28.4 Å². The summed E-state index contributed by atoms with van der Waals surface area (Å²) >= 11 is -3.50. The van der Waals surface area contributed by atoms with Crippen LogP contribution >= 0.6 is 0 Å². The zero-order chi connectivity index (χ0) is 14.4. The van der Waals surface area contributed by atoms with Crippen LogP contribution in [0.4, 0.5) is 0 Å². The van der Waals surface area contributed by atoms with Crippen LogP contribution in [-0.4, -0.2) is 115 Å². The molecule has 0 saturated carbocycles. The van der Waals surface area contributed by atoms with Gasteiger partial charge in [0.25, 0.3) is 0 Å². The predicted octanol–water partition coefficient (Wildman–Crippen LogP) is -6.71. The van der Waals surface area contributed by atoms with Crippen molar-refractivity contribution >= 4 is 89.5 Å². The van der Waals surface area contributed by atoms with Crippen LogP contribution in [0.1, 0.15) is 0 Å². The van der Waals surface area contributed by atoms with Crippen molar-refractivity contribution in [2.45, 2.75) is 0 Å². The van der Waals surface area contributed by atoms with Gasteiger partial charge in [-0.1, -0.05) is 0 Å². The minimum absolute atomic E-state index is 0. The quantitative estimate of drug-likeness (QED) is 0.221. The third-order valence-electron chi connectivity index (χ3n) is 0. The van der Waals surface area contributed by atoms with E-state index in [4.69, 9.17) is 51.0 Å². The molecule has 8 N–H and O–H groups in total. The minimum atomic E-state index is -4.67. The fraction of sp³-hybridized carbons (Fsp3) is 0. The Hall–Kier alpha value is 1.18. The van der Waals surface area contributed by atoms with E-state index in [1.807, 2.05) is 0 Å². The molecule has 0 unspecified atom stereocenters. The number of hydrogen-bond acceptors (Lipinski definition) is 8. The molecule has 0 amide bonds. The van der Waals surface area contributed by atoms with Gasteiger partial charge in [-0.2, -0.15) is 16.8 Å². The summed E-state index contributed by atoms with van der Waals surface area (Å²) in [5.74, 6) is 0. The zero-order valence-electron chi connectivity index (χ0n) is 8.73. The van der Waals surface area contributed by atoms with Gasteiger partial charge in [0.2, 0.25) is 0 Å². The standard InChI is InChI=1S/2Al.Ca.2H2O4S.2H2O.4O/c;;;2*1-5(2,3)4;;;;;;/h;;;2*(H2,1,2,3,4);2*1H2;;;;/q;;+2;;;;;;;2*-1. The van der Waals surface area contributed by atoms with Crippen molar-refractivity contribution < 1.29 is 61.9 Å². The molecule has 0 radical (unpaired) electrons. The molecule has 0 fully saturated rings. The maximum atomic E-state index is 8.74. The summed E-state index contributed by atoms with van der Waals surface area (Å²) in [6, 6.07) is 0. The van der Waals surface area contributed by atoms with Crippen molar-refractivity contribution in [3.8, 4) is 0 Å². The summed E-state index contributed by atoms with van der Waals surface area (Å²) in [6.45, 7) is 0. The van der Waals surface area contributed by atoms with Crippen LogP contribution in [0, 0.1) is 0 Å². The Morgan fingerprint density at radius 3 is 0.684 bits per heavy atom. The van der Waals surface area contributed by atoms with E-state index < -0.39 is 51.8 Å². The predicted molar refractivity (Wildman–Crippen MR) is 54.2 cm³/mol. The first-order chi connectivity index (χ1) is 6.83. The second kappa shape index (κ2) is 27.5. The van der Waals surface area contributed by atoms with E-state index in [1.165, 1.54) is 0 Å². The molecule has 14 nitrogen and oxygen atoms in total. The van der Waals surface area contributed by atoms with Crippen LogP contribution in [0.15, 0.2) is 0 Å². The molecular weight excluding hydrogens is 382 g/mol. The van der Waals surface area contributed by atoms with Crippen molar-refractivity contribution in [3.05, 3.63) is 0 Å². The first-order valence-electron chi connectivity index (χ1n) is 2.34. The van der Waals surface area contributed by atoms with E-state index >= 15 is 0 Å². The van der Waals surface area contributed by atoms with Gasteiger partial charge in [0.15, 0.2) is 0 Å². The van der Waals surface area contributed by atoms with Gasteiger partial charge >= 0.3 is 105 Å². The van der Waals surface area contributed by atoms with E-state index in [2.05, 4.69) is 0 Å². The van der Waals surface area contributed by atoms with Crippen LogP contribution < -0.4 is 8.32 Å². The molecule has 0 rings (SSSR count). The fourth-order valence-electron chi connectivity index (χ4n) is 0. The Kier molecular flexibility index (Phi) is 61.9. The first kappa shape index (κ1) is 42.7. The Morgan fingerprint density at radius 1 is 0.684 bits per heavy atom. The van der Waals surface area contributed by atoms with Gasteiger partial charge in [-0.3, -0.25) is 18.2 Å². The van der Waals surface area contributed by atoms with E-state index in [9.17, 15) is 0 Å². The second-order valence-corrected chi connectivity index (χ2v) is 3.26. The molecule has 0 aliphatic rings. The third-order valence-corrected chi connectivity index (χ3v) is 0. The first-order valence-corrected chi connectivity index (χ1v) is 7.02. The van der Waals surface area contributed by atoms with E-state index in [-0.39, 0.29) is 48.7 Å². The molecule has 112 valence electrons. The molecule has 0 bridgehead atoms. The Morgan fingerprint density at radius 2 is 0.684 bits per heavy atom. The van der Waals surface area contributed by atoms with E-state index in [1.54, 1.807) is 0 Å². The van der Waals surface area contributed by atoms with Gasteiger partial charge in [-0.15, -0.1) is 0 Å². The van der Waals surface area contributed by atoms with Gasteiger partial charge in [-0.05, 0) is 0 Å². The van der Waals surface area contributed by atoms with Crippen molar-refractivity contribution in [3.63, 3.8) is 0 Å². The molecule has 0 aliphatic carbocycles. The molecule has 19 heavy (non-hydrogen) atoms. The molecule has 0 aromatic rings. The number of rotatable bonds is 0. The SMILES string of the molecule is O.O.O=S(=O)(O)O.O=S(=O)(O)O.[Ca+2].[O]=[Al][O-].[O]=[Al][O-]. The number of hydrogen-bond donors (Lipinski definition) is 4. The van der Waals surface area contributed by atoms with E-state index in [0.717, 1.165) is 0 Å².